The topological polar surface area (TPSA) is 65.2 Å². The standard InChI is InChI=1S/C22H25N3O2/c1-15-8-9-19(12-16(15)2)25(17(3)26)14-22(27)23-11-10-18-13-24-21-7-5-4-6-20(18)21/h4-9,12-13,24H,10-11,14H2,1-3H3,(H,23,27). The Morgan fingerprint density at radius 2 is 1.85 bits per heavy atom. The number of hydrogen-bond acceptors (Lipinski definition) is 2. The van der Waals surface area contributed by atoms with Crippen molar-refractivity contribution in [2.75, 3.05) is 18.0 Å². The third-order valence-corrected chi connectivity index (χ3v) is 4.88. The minimum atomic E-state index is -0.164. The number of anilines is 1. The molecule has 140 valence electrons. The van der Waals surface area contributed by atoms with Crippen LogP contribution >= 0.6 is 0 Å². The minimum absolute atomic E-state index is 0.0196. The van der Waals surface area contributed by atoms with E-state index in [-0.39, 0.29) is 18.4 Å². The van der Waals surface area contributed by atoms with Crippen molar-refractivity contribution >= 4 is 28.4 Å². The Balaban J connectivity index is 1.59. The maximum atomic E-state index is 12.4. The van der Waals surface area contributed by atoms with Crippen molar-refractivity contribution in [3.63, 3.8) is 0 Å². The Hall–Kier alpha value is -3.08. The monoisotopic (exact) mass is 363 g/mol. The third-order valence-electron chi connectivity index (χ3n) is 4.88. The van der Waals surface area contributed by atoms with Gasteiger partial charge in [-0.05, 0) is 55.2 Å². The summed E-state index contributed by atoms with van der Waals surface area (Å²) >= 11 is 0. The smallest absolute Gasteiger partial charge is 0.240 e. The molecule has 2 aromatic carbocycles. The molecule has 0 unspecified atom stereocenters. The number of nitrogens with zero attached hydrogens (tertiary/aromatic N) is 1. The number of benzene rings is 2. The minimum Gasteiger partial charge on any atom is -0.361 e. The van der Waals surface area contributed by atoms with Crippen LogP contribution in [0.5, 0.6) is 0 Å². The third kappa shape index (κ3) is 4.37. The van der Waals surface area contributed by atoms with Crippen LogP contribution < -0.4 is 10.2 Å². The zero-order valence-electron chi connectivity index (χ0n) is 16.0. The van der Waals surface area contributed by atoms with Crippen LogP contribution in [0, 0.1) is 13.8 Å². The number of aromatic nitrogens is 1. The maximum Gasteiger partial charge on any atom is 0.240 e. The molecule has 0 fully saturated rings. The van der Waals surface area contributed by atoms with Crippen molar-refractivity contribution in [3.05, 3.63) is 65.4 Å². The fourth-order valence-electron chi connectivity index (χ4n) is 3.15. The molecule has 0 aliphatic carbocycles. The lowest BCUT2D eigenvalue weighted by Gasteiger charge is -2.21. The maximum absolute atomic E-state index is 12.4. The molecule has 2 N–H and O–H groups in total. The second kappa shape index (κ2) is 8.08. The normalized spacial score (nSPS) is 10.8. The van der Waals surface area contributed by atoms with Gasteiger partial charge in [0.25, 0.3) is 0 Å². The van der Waals surface area contributed by atoms with Crippen LogP contribution in [-0.2, 0) is 16.0 Å². The quantitative estimate of drug-likeness (QED) is 0.704. The lowest BCUT2D eigenvalue weighted by Crippen LogP contribution is -2.40. The van der Waals surface area contributed by atoms with Crippen LogP contribution in [0.15, 0.2) is 48.7 Å². The van der Waals surface area contributed by atoms with Gasteiger partial charge in [0.2, 0.25) is 11.8 Å². The number of carbonyl (C=O) groups is 2. The molecule has 2 amide bonds. The molecular formula is C22H25N3O2. The van der Waals surface area contributed by atoms with Crippen LogP contribution in [0.4, 0.5) is 5.69 Å². The highest BCUT2D eigenvalue weighted by Gasteiger charge is 2.16. The second-order valence-electron chi connectivity index (χ2n) is 6.83. The highest BCUT2D eigenvalue weighted by atomic mass is 16.2. The fraction of sp³-hybridized carbons (Fsp3) is 0.273. The molecule has 0 saturated heterocycles. The van der Waals surface area contributed by atoms with Gasteiger partial charge in [0.05, 0.1) is 0 Å². The predicted molar refractivity (Wildman–Crippen MR) is 109 cm³/mol. The van der Waals surface area contributed by atoms with Gasteiger partial charge >= 0.3 is 0 Å². The van der Waals surface area contributed by atoms with Crippen LogP contribution in [-0.4, -0.2) is 29.9 Å². The van der Waals surface area contributed by atoms with Crippen molar-refractivity contribution in [1.29, 1.82) is 0 Å². The van der Waals surface area contributed by atoms with Crippen molar-refractivity contribution in [2.45, 2.75) is 27.2 Å². The molecule has 0 saturated carbocycles. The molecule has 0 spiro atoms. The van der Waals surface area contributed by atoms with Crippen molar-refractivity contribution in [2.24, 2.45) is 0 Å². The van der Waals surface area contributed by atoms with Gasteiger partial charge in [0, 0.05) is 36.3 Å². The summed E-state index contributed by atoms with van der Waals surface area (Å²) in [7, 11) is 0. The number of amides is 2. The summed E-state index contributed by atoms with van der Waals surface area (Å²) in [5, 5.41) is 4.09. The van der Waals surface area contributed by atoms with E-state index in [1.807, 2.05) is 56.4 Å². The number of aryl methyl sites for hydroxylation is 2. The van der Waals surface area contributed by atoms with Gasteiger partial charge in [-0.25, -0.2) is 0 Å². The van der Waals surface area contributed by atoms with Gasteiger partial charge < -0.3 is 15.2 Å². The Morgan fingerprint density at radius 1 is 1.07 bits per heavy atom. The Bertz CT molecular complexity index is 975. The molecule has 5 nitrogen and oxygen atoms in total. The van der Waals surface area contributed by atoms with Gasteiger partial charge in [-0.1, -0.05) is 24.3 Å². The van der Waals surface area contributed by atoms with Crippen molar-refractivity contribution in [1.82, 2.24) is 10.3 Å². The number of fused-ring (bicyclic) bond motifs is 1. The molecule has 0 aliphatic rings. The van der Waals surface area contributed by atoms with E-state index in [4.69, 9.17) is 0 Å². The van der Waals surface area contributed by atoms with Gasteiger partial charge in [-0.2, -0.15) is 0 Å². The number of hydrogen-bond donors (Lipinski definition) is 2. The van der Waals surface area contributed by atoms with Crippen LogP contribution in [0.25, 0.3) is 10.9 Å². The lowest BCUT2D eigenvalue weighted by molar-refractivity contribution is -0.123. The van der Waals surface area contributed by atoms with E-state index in [1.54, 1.807) is 0 Å². The average molecular weight is 363 g/mol. The predicted octanol–water partition coefficient (Wildman–Crippen LogP) is 3.50. The fourth-order valence-corrected chi connectivity index (χ4v) is 3.15. The summed E-state index contributed by atoms with van der Waals surface area (Å²) in [4.78, 5) is 29.1. The number of aromatic amines is 1. The van der Waals surface area contributed by atoms with Crippen LogP contribution in [0.1, 0.15) is 23.6 Å². The summed E-state index contributed by atoms with van der Waals surface area (Å²) in [5.74, 6) is -0.312. The van der Waals surface area contributed by atoms with E-state index in [2.05, 4.69) is 16.4 Å². The first-order valence-corrected chi connectivity index (χ1v) is 9.13. The average Bonchev–Trinajstić information content (AvgIpc) is 3.05. The van der Waals surface area contributed by atoms with Crippen LogP contribution in [0.3, 0.4) is 0 Å². The van der Waals surface area contributed by atoms with Crippen LogP contribution in [0.2, 0.25) is 0 Å². The lowest BCUT2D eigenvalue weighted by atomic mass is 10.1. The summed E-state index contributed by atoms with van der Waals surface area (Å²) in [6.07, 6.45) is 2.72. The van der Waals surface area contributed by atoms with E-state index in [9.17, 15) is 9.59 Å². The van der Waals surface area contributed by atoms with E-state index in [0.29, 0.717) is 6.54 Å². The molecule has 3 rings (SSSR count). The summed E-state index contributed by atoms with van der Waals surface area (Å²) in [6.45, 7) is 6.05. The molecular weight excluding hydrogens is 338 g/mol. The Kier molecular flexibility index (Phi) is 5.60. The van der Waals surface area contributed by atoms with E-state index in [0.717, 1.165) is 28.8 Å². The molecule has 0 atom stereocenters. The Morgan fingerprint density at radius 3 is 2.59 bits per heavy atom. The molecule has 0 aliphatic heterocycles. The molecule has 1 heterocycles. The summed E-state index contributed by atoms with van der Waals surface area (Å²) < 4.78 is 0. The molecule has 0 radical (unpaired) electrons. The van der Waals surface area contributed by atoms with Gasteiger partial charge in [0.1, 0.15) is 6.54 Å². The number of rotatable bonds is 6. The van der Waals surface area contributed by atoms with Gasteiger partial charge in [0.15, 0.2) is 0 Å². The number of H-pyrrole nitrogens is 1. The van der Waals surface area contributed by atoms with Crippen molar-refractivity contribution in [3.8, 4) is 0 Å². The zero-order valence-corrected chi connectivity index (χ0v) is 16.0. The van der Waals surface area contributed by atoms with Gasteiger partial charge in [-0.3, -0.25) is 9.59 Å². The van der Waals surface area contributed by atoms with Gasteiger partial charge in [-0.15, -0.1) is 0 Å². The van der Waals surface area contributed by atoms with Crippen molar-refractivity contribution < 1.29 is 9.59 Å². The molecule has 0 bridgehead atoms. The van der Waals surface area contributed by atoms with E-state index < -0.39 is 0 Å². The number of carbonyl (C=O) groups excluding carboxylic acids is 2. The molecule has 3 aromatic rings. The van der Waals surface area contributed by atoms with E-state index >= 15 is 0 Å². The Labute approximate surface area is 159 Å². The largest absolute Gasteiger partial charge is 0.361 e. The first kappa shape index (κ1) is 18.7. The number of para-hydroxylation sites is 1. The zero-order chi connectivity index (χ0) is 19.4. The second-order valence-corrected chi connectivity index (χ2v) is 6.83. The first-order valence-electron chi connectivity index (χ1n) is 9.13. The highest BCUT2D eigenvalue weighted by molar-refractivity contribution is 5.97. The molecule has 27 heavy (non-hydrogen) atoms. The number of nitrogens with one attached hydrogen (secondary N) is 2. The van der Waals surface area contributed by atoms with E-state index in [1.165, 1.54) is 22.8 Å². The first-order chi connectivity index (χ1) is 13.0. The summed E-state index contributed by atoms with van der Waals surface area (Å²) in [6, 6.07) is 13.9. The summed E-state index contributed by atoms with van der Waals surface area (Å²) in [5.41, 5.74) is 5.26. The molecule has 1 aromatic heterocycles. The molecule has 5 heteroatoms. The SMILES string of the molecule is CC(=O)N(CC(=O)NCCc1c[nH]c2ccccc12)c1ccc(C)c(C)c1. The highest BCUT2D eigenvalue weighted by Crippen LogP contribution is 2.19.